The number of nitrogen functional groups attached to an aromatic ring is 1. The first-order chi connectivity index (χ1) is 18.0. The highest BCUT2D eigenvalue weighted by molar-refractivity contribution is 6.33. The van der Waals surface area contributed by atoms with Crippen molar-refractivity contribution in [1.82, 2.24) is 5.32 Å². The molecule has 0 bridgehead atoms. The number of nitrogens with two attached hydrogens (primary N) is 1. The van der Waals surface area contributed by atoms with Gasteiger partial charge in [0.05, 0.1) is 68.5 Å². The summed E-state index contributed by atoms with van der Waals surface area (Å²) in [6, 6.07) is 12.1. The smallest absolute Gasteiger partial charge is 0.407 e. The fourth-order valence-electron chi connectivity index (χ4n) is 2.89. The maximum atomic E-state index is 11.6. The molecular weight excluding hydrogens is 508 g/mol. The summed E-state index contributed by atoms with van der Waals surface area (Å²) in [7, 11) is 0. The zero-order valence-corrected chi connectivity index (χ0v) is 21.2. The van der Waals surface area contributed by atoms with Crippen LogP contribution in [0.4, 0.5) is 21.9 Å². The number of nitro benzene ring substituents is 1. The Hall–Kier alpha value is -3.16. The number of nitrogens with one attached hydrogen (secondary N) is 2. The number of nitro groups is 1. The SMILES string of the molecule is Nc1cc(NCCOCCOCCOCCOCCNC(=O)OCc2ccccc2)c(Cl)cc1[N+](=O)[O-]. The minimum absolute atomic E-state index is 0.0359. The molecule has 2 rings (SSSR count). The number of anilines is 2. The molecule has 1 amide bonds. The van der Waals surface area contributed by atoms with Crippen LogP contribution >= 0.6 is 11.6 Å². The van der Waals surface area contributed by atoms with Gasteiger partial charge in [0.15, 0.2) is 0 Å². The molecule has 0 heterocycles. The first-order valence-corrected chi connectivity index (χ1v) is 12.1. The van der Waals surface area contributed by atoms with E-state index in [0.717, 1.165) is 5.56 Å². The van der Waals surface area contributed by atoms with Crippen LogP contribution in [0.2, 0.25) is 5.02 Å². The van der Waals surface area contributed by atoms with Gasteiger partial charge in [-0.25, -0.2) is 4.79 Å². The highest BCUT2D eigenvalue weighted by Gasteiger charge is 2.15. The summed E-state index contributed by atoms with van der Waals surface area (Å²) < 4.78 is 26.8. The summed E-state index contributed by atoms with van der Waals surface area (Å²) in [5, 5.41) is 16.7. The van der Waals surface area contributed by atoms with Crippen LogP contribution in [0.15, 0.2) is 42.5 Å². The number of rotatable bonds is 19. The average Bonchev–Trinajstić information content (AvgIpc) is 2.89. The fraction of sp³-hybridized carbons (Fsp3) is 0.458. The van der Waals surface area contributed by atoms with Gasteiger partial charge >= 0.3 is 6.09 Å². The normalized spacial score (nSPS) is 10.7. The van der Waals surface area contributed by atoms with E-state index < -0.39 is 11.0 Å². The Labute approximate surface area is 220 Å². The average molecular weight is 541 g/mol. The van der Waals surface area contributed by atoms with Gasteiger partial charge in [-0.3, -0.25) is 10.1 Å². The van der Waals surface area contributed by atoms with Crippen molar-refractivity contribution < 1.29 is 33.4 Å². The van der Waals surface area contributed by atoms with Crippen molar-refractivity contribution in [3.05, 3.63) is 63.2 Å². The molecule has 2 aromatic carbocycles. The molecular formula is C24H33ClN4O8. The summed E-state index contributed by atoms with van der Waals surface area (Å²) in [6.07, 6.45) is -0.486. The molecule has 0 spiro atoms. The minimum Gasteiger partial charge on any atom is -0.445 e. The minimum atomic E-state index is -0.581. The summed E-state index contributed by atoms with van der Waals surface area (Å²) in [4.78, 5) is 21.9. The number of carbonyl (C=O) groups excluding carboxylic acids is 1. The van der Waals surface area contributed by atoms with Crippen LogP contribution in [0.5, 0.6) is 0 Å². The lowest BCUT2D eigenvalue weighted by molar-refractivity contribution is -0.383. The molecule has 0 atom stereocenters. The van der Waals surface area contributed by atoms with E-state index in [4.69, 9.17) is 41.0 Å². The van der Waals surface area contributed by atoms with Crippen LogP contribution < -0.4 is 16.4 Å². The van der Waals surface area contributed by atoms with Gasteiger partial charge in [-0.15, -0.1) is 0 Å². The highest BCUT2D eigenvalue weighted by Crippen LogP contribution is 2.32. The van der Waals surface area contributed by atoms with Crippen molar-refractivity contribution in [2.24, 2.45) is 0 Å². The van der Waals surface area contributed by atoms with E-state index in [-0.39, 0.29) is 23.0 Å². The maximum absolute atomic E-state index is 11.6. The van der Waals surface area contributed by atoms with Gasteiger partial charge in [0, 0.05) is 19.2 Å². The maximum Gasteiger partial charge on any atom is 0.407 e. The summed E-state index contributed by atoms with van der Waals surface area (Å²) >= 11 is 6.03. The number of alkyl carbamates (subject to hydrolysis) is 1. The van der Waals surface area contributed by atoms with Crippen LogP contribution in [-0.2, 0) is 30.3 Å². The van der Waals surface area contributed by atoms with Gasteiger partial charge in [-0.2, -0.15) is 0 Å². The number of amides is 1. The Morgan fingerprint density at radius 1 is 0.892 bits per heavy atom. The largest absolute Gasteiger partial charge is 0.445 e. The quantitative estimate of drug-likeness (QED) is 0.105. The first kappa shape index (κ1) is 30.1. The molecule has 12 nitrogen and oxygen atoms in total. The first-order valence-electron chi connectivity index (χ1n) is 11.7. The Morgan fingerprint density at radius 2 is 1.46 bits per heavy atom. The second-order valence-corrected chi connectivity index (χ2v) is 7.92. The third kappa shape index (κ3) is 13.1. The molecule has 13 heteroatoms. The second-order valence-electron chi connectivity index (χ2n) is 7.51. The molecule has 0 saturated carbocycles. The van der Waals surface area contributed by atoms with Crippen molar-refractivity contribution in [2.75, 3.05) is 77.0 Å². The summed E-state index contributed by atoms with van der Waals surface area (Å²) in [5.74, 6) is 0. The van der Waals surface area contributed by atoms with Gasteiger partial charge in [0.25, 0.3) is 5.69 Å². The zero-order valence-electron chi connectivity index (χ0n) is 20.5. The number of hydrogen-bond acceptors (Lipinski definition) is 10. The monoisotopic (exact) mass is 540 g/mol. The number of hydrogen-bond donors (Lipinski definition) is 3. The molecule has 204 valence electrons. The van der Waals surface area contributed by atoms with Crippen LogP contribution in [0.3, 0.4) is 0 Å². The number of benzene rings is 2. The van der Waals surface area contributed by atoms with Gasteiger partial charge < -0.3 is 40.1 Å². The van der Waals surface area contributed by atoms with Crippen molar-refractivity contribution in [3.63, 3.8) is 0 Å². The number of carbonyl (C=O) groups is 1. The molecule has 0 unspecified atom stereocenters. The molecule has 4 N–H and O–H groups in total. The van der Waals surface area contributed by atoms with Crippen molar-refractivity contribution in [1.29, 1.82) is 0 Å². The lowest BCUT2D eigenvalue weighted by atomic mass is 10.2. The Bertz CT molecular complexity index is 952. The topological polar surface area (TPSA) is 156 Å². The third-order valence-corrected chi connectivity index (χ3v) is 5.03. The molecule has 0 saturated heterocycles. The van der Waals surface area contributed by atoms with Crippen LogP contribution in [0.25, 0.3) is 0 Å². The van der Waals surface area contributed by atoms with Gasteiger partial charge in [-0.1, -0.05) is 41.9 Å². The predicted octanol–water partition coefficient (Wildman–Crippen LogP) is 3.24. The highest BCUT2D eigenvalue weighted by atomic mass is 35.5. The molecule has 0 fully saturated rings. The standard InChI is InChI=1S/C24H33ClN4O8/c25-20-16-23(29(31)32)21(26)17-22(20)27-6-8-33-10-12-35-14-15-36-13-11-34-9-7-28-24(30)37-18-19-4-2-1-3-5-19/h1-5,16-17,27H,6-15,18,26H2,(H,28,30). The van der Waals surface area contributed by atoms with E-state index in [0.29, 0.717) is 71.6 Å². The van der Waals surface area contributed by atoms with E-state index in [2.05, 4.69) is 10.6 Å². The van der Waals surface area contributed by atoms with E-state index in [1.54, 1.807) is 0 Å². The van der Waals surface area contributed by atoms with E-state index in [1.807, 2.05) is 30.3 Å². The summed E-state index contributed by atoms with van der Waals surface area (Å²) in [6.45, 7) is 4.26. The van der Waals surface area contributed by atoms with Gasteiger partial charge in [-0.05, 0) is 11.6 Å². The molecule has 2 aromatic rings. The number of nitrogens with zero attached hydrogens (tertiary/aromatic N) is 1. The van der Waals surface area contributed by atoms with Crippen molar-refractivity contribution in [3.8, 4) is 0 Å². The fourth-order valence-corrected chi connectivity index (χ4v) is 3.12. The number of ether oxygens (including phenoxy) is 5. The predicted molar refractivity (Wildman–Crippen MR) is 139 cm³/mol. The summed E-state index contributed by atoms with van der Waals surface area (Å²) in [5.41, 5.74) is 6.89. The van der Waals surface area contributed by atoms with Crippen molar-refractivity contribution in [2.45, 2.75) is 6.61 Å². The molecule has 0 aliphatic heterocycles. The van der Waals surface area contributed by atoms with E-state index in [1.165, 1.54) is 12.1 Å². The lowest BCUT2D eigenvalue weighted by Gasteiger charge is -2.10. The second kappa shape index (κ2) is 18.1. The lowest BCUT2D eigenvalue weighted by Crippen LogP contribution is -2.28. The van der Waals surface area contributed by atoms with Crippen LogP contribution in [0.1, 0.15) is 5.56 Å². The van der Waals surface area contributed by atoms with Crippen molar-refractivity contribution >= 4 is 34.8 Å². The Balaban J connectivity index is 1.33. The van der Waals surface area contributed by atoms with Crippen LogP contribution in [-0.4, -0.2) is 77.0 Å². The van der Waals surface area contributed by atoms with E-state index in [9.17, 15) is 14.9 Å². The molecule has 0 aliphatic carbocycles. The van der Waals surface area contributed by atoms with Gasteiger partial charge in [0.2, 0.25) is 0 Å². The number of halogens is 1. The third-order valence-electron chi connectivity index (χ3n) is 4.72. The Kier molecular flexibility index (Phi) is 14.7. The van der Waals surface area contributed by atoms with E-state index >= 15 is 0 Å². The zero-order chi connectivity index (χ0) is 26.7. The molecule has 0 aliphatic rings. The van der Waals surface area contributed by atoms with Gasteiger partial charge in [0.1, 0.15) is 12.3 Å². The molecule has 37 heavy (non-hydrogen) atoms. The molecule has 0 radical (unpaired) electrons. The van der Waals surface area contributed by atoms with Crippen LogP contribution in [0, 0.1) is 10.1 Å². The Morgan fingerprint density at radius 3 is 2.05 bits per heavy atom. The molecule has 0 aromatic heterocycles.